The zero-order valence-electron chi connectivity index (χ0n) is 18.0. The van der Waals surface area contributed by atoms with Gasteiger partial charge < -0.3 is 4.74 Å². The standard InChI is InChI=1S/C23H29NO.CH4O3S/c1-17(2)24-20-13-14-21(24)16-22(15-20)25-23(18-9-5-3-6-10-18)19-11-7-4-8-12-19;1-5(2,3)4/h3-12,17,20-23H,13-16H2,1-2H3;1H3,(H,2,3,4)/t20-,21+,22?;. The maximum absolute atomic E-state index is 9.19. The first kappa shape index (κ1) is 22.9. The van der Waals surface area contributed by atoms with Crippen molar-refractivity contribution in [3.8, 4) is 0 Å². The summed E-state index contributed by atoms with van der Waals surface area (Å²) in [5.41, 5.74) is 2.51. The van der Waals surface area contributed by atoms with E-state index >= 15 is 0 Å². The summed E-state index contributed by atoms with van der Waals surface area (Å²) < 4.78 is 32.6. The third-order valence-electron chi connectivity index (χ3n) is 5.88. The summed E-state index contributed by atoms with van der Waals surface area (Å²) >= 11 is 0. The lowest BCUT2D eigenvalue weighted by molar-refractivity contribution is -0.0548. The maximum atomic E-state index is 9.19. The quantitative estimate of drug-likeness (QED) is 0.695. The van der Waals surface area contributed by atoms with Crippen LogP contribution in [0.2, 0.25) is 0 Å². The fourth-order valence-corrected chi connectivity index (χ4v) is 4.92. The SMILES string of the molecule is CC(C)N1[C@@H]2CC[C@H]1CC(OC(c1ccccc1)c1ccccc1)C2.CS(=O)(=O)O. The predicted molar refractivity (Wildman–Crippen MR) is 120 cm³/mol. The Balaban J connectivity index is 0.000000461. The molecule has 2 aliphatic heterocycles. The Morgan fingerprint density at radius 1 is 0.900 bits per heavy atom. The number of hydrogen-bond donors (Lipinski definition) is 1. The normalized spacial score (nSPS) is 24.0. The van der Waals surface area contributed by atoms with Gasteiger partial charge in [0.25, 0.3) is 10.1 Å². The number of ether oxygens (including phenoxy) is 1. The second-order valence-corrected chi connectivity index (χ2v) is 10.1. The van der Waals surface area contributed by atoms with Crippen LogP contribution in [0.25, 0.3) is 0 Å². The van der Waals surface area contributed by atoms with Crippen molar-refractivity contribution < 1.29 is 17.7 Å². The summed E-state index contributed by atoms with van der Waals surface area (Å²) in [7, 11) is -3.67. The van der Waals surface area contributed by atoms with Crippen LogP contribution in [0.4, 0.5) is 0 Å². The molecule has 0 saturated carbocycles. The molecule has 1 N–H and O–H groups in total. The summed E-state index contributed by atoms with van der Waals surface area (Å²) in [6, 6.07) is 23.4. The minimum Gasteiger partial charge on any atom is -0.365 e. The number of fused-ring (bicyclic) bond motifs is 2. The Kier molecular flexibility index (Phi) is 7.69. The molecule has 2 saturated heterocycles. The smallest absolute Gasteiger partial charge is 0.261 e. The molecule has 2 aromatic rings. The van der Waals surface area contributed by atoms with Gasteiger partial charge in [-0.2, -0.15) is 8.42 Å². The van der Waals surface area contributed by atoms with Gasteiger partial charge in [0.15, 0.2) is 0 Å². The lowest BCUT2D eigenvalue weighted by Crippen LogP contribution is -2.48. The van der Waals surface area contributed by atoms with E-state index in [4.69, 9.17) is 9.29 Å². The highest BCUT2D eigenvalue weighted by molar-refractivity contribution is 7.85. The van der Waals surface area contributed by atoms with Crippen LogP contribution in [-0.4, -0.2) is 48.4 Å². The second-order valence-electron chi connectivity index (χ2n) is 8.59. The molecular formula is C24H33NO4S. The van der Waals surface area contributed by atoms with E-state index in [0.29, 0.717) is 30.5 Å². The molecule has 1 unspecified atom stereocenters. The second kappa shape index (κ2) is 10.1. The van der Waals surface area contributed by atoms with E-state index in [1.54, 1.807) is 0 Å². The molecule has 30 heavy (non-hydrogen) atoms. The Morgan fingerprint density at radius 2 is 1.30 bits per heavy atom. The average molecular weight is 432 g/mol. The van der Waals surface area contributed by atoms with E-state index in [0.717, 1.165) is 0 Å². The summed E-state index contributed by atoms with van der Waals surface area (Å²) in [5, 5.41) is 0. The molecule has 0 aromatic heterocycles. The van der Waals surface area contributed by atoms with Gasteiger partial charge in [0.05, 0.1) is 12.4 Å². The highest BCUT2D eigenvalue weighted by atomic mass is 32.2. The first-order valence-corrected chi connectivity index (χ1v) is 12.5. The van der Waals surface area contributed by atoms with E-state index in [1.807, 2.05) is 0 Å². The Bertz CT molecular complexity index is 824. The monoisotopic (exact) mass is 431 g/mol. The van der Waals surface area contributed by atoms with Crippen LogP contribution in [0, 0.1) is 0 Å². The number of nitrogens with zero attached hydrogens (tertiary/aromatic N) is 1. The van der Waals surface area contributed by atoms with Gasteiger partial charge >= 0.3 is 0 Å². The van der Waals surface area contributed by atoms with Gasteiger partial charge in [-0.3, -0.25) is 9.45 Å². The van der Waals surface area contributed by atoms with Crippen molar-refractivity contribution in [2.45, 2.75) is 69.9 Å². The maximum Gasteiger partial charge on any atom is 0.261 e. The van der Waals surface area contributed by atoms with Crippen molar-refractivity contribution in [2.24, 2.45) is 0 Å². The number of hydrogen-bond acceptors (Lipinski definition) is 4. The van der Waals surface area contributed by atoms with Crippen LogP contribution in [0.15, 0.2) is 60.7 Å². The summed E-state index contributed by atoms with van der Waals surface area (Å²) in [6.07, 6.45) is 6.13. The molecule has 6 heteroatoms. The minimum absolute atomic E-state index is 0.0393. The van der Waals surface area contributed by atoms with Crippen LogP contribution >= 0.6 is 0 Å². The van der Waals surface area contributed by atoms with Crippen molar-refractivity contribution in [1.82, 2.24) is 4.90 Å². The Morgan fingerprint density at radius 3 is 1.67 bits per heavy atom. The molecule has 0 aliphatic carbocycles. The van der Waals surface area contributed by atoms with Crippen molar-refractivity contribution >= 4 is 10.1 Å². The zero-order valence-corrected chi connectivity index (χ0v) is 18.8. The van der Waals surface area contributed by atoms with Gasteiger partial charge in [0, 0.05) is 18.1 Å². The number of benzene rings is 2. The summed E-state index contributed by atoms with van der Waals surface area (Å²) in [5.74, 6) is 0. The van der Waals surface area contributed by atoms with Gasteiger partial charge in [0.1, 0.15) is 6.10 Å². The predicted octanol–water partition coefficient (Wildman–Crippen LogP) is 4.70. The van der Waals surface area contributed by atoms with Crippen LogP contribution in [-0.2, 0) is 14.9 Å². The Hall–Kier alpha value is -1.73. The van der Waals surface area contributed by atoms with Gasteiger partial charge in [-0.05, 0) is 50.7 Å². The molecule has 2 bridgehead atoms. The van der Waals surface area contributed by atoms with Gasteiger partial charge in [-0.1, -0.05) is 60.7 Å². The molecule has 4 rings (SSSR count). The lowest BCUT2D eigenvalue weighted by atomic mass is 9.96. The van der Waals surface area contributed by atoms with Crippen LogP contribution < -0.4 is 0 Å². The molecule has 164 valence electrons. The minimum atomic E-state index is -3.67. The fourth-order valence-electron chi connectivity index (χ4n) is 4.92. The molecule has 2 aromatic carbocycles. The average Bonchev–Trinajstić information content (AvgIpc) is 2.97. The topological polar surface area (TPSA) is 66.8 Å². The van der Waals surface area contributed by atoms with Gasteiger partial charge in [-0.15, -0.1) is 0 Å². The van der Waals surface area contributed by atoms with E-state index in [9.17, 15) is 8.42 Å². The molecule has 2 heterocycles. The fraction of sp³-hybridized carbons (Fsp3) is 0.500. The van der Waals surface area contributed by atoms with Crippen LogP contribution in [0.3, 0.4) is 0 Å². The highest BCUT2D eigenvalue weighted by Gasteiger charge is 2.42. The summed E-state index contributed by atoms with van der Waals surface area (Å²) in [6.45, 7) is 4.67. The highest BCUT2D eigenvalue weighted by Crippen LogP contribution is 2.40. The van der Waals surface area contributed by atoms with Crippen LogP contribution in [0.1, 0.15) is 56.8 Å². The Labute approximate surface area is 180 Å². The van der Waals surface area contributed by atoms with Crippen LogP contribution in [0.5, 0.6) is 0 Å². The molecule has 5 nitrogen and oxygen atoms in total. The molecular weight excluding hydrogens is 398 g/mol. The molecule has 0 amide bonds. The third-order valence-corrected chi connectivity index (χ3v) is 5.88. The molecule has 0 radical (unpaired) electrons. The van der Waals surface area contributed by atoms with E-state index in [-0.39, 0.29) is 6.10 Å². The first-order chi connectivity index (χ1) is 14.2. The number of rotatable bonds is 5. The lowest BCUT2D eigenvalue weighted by Gasteiger charge is -2.42. The molecule has 2 aliphatic rings. The molecule has 0 spiro atoms. The van der Waals surface area contributed by atoms with E-state index in [2.05, 4.69) is 79.4 Å². The third kappa shape index (κ3) is 6.38. The van der Waals surface area contributed by atoms with E-state index in [1.165, 1.54) is 36.8 Å². The van der Waals surface area contributed by atoms with E-state index < -0.39 is 10.1 Å². The van der Waals surface area contributed by atoms with Gasteiger partial charge in [-0.25, -0.2) is 0 Å². The number of piperidine rings is 1. The summed E-state index contributed by atoms with van der Waals surface area (Å²) in [4.78, 5) is 2.74. The first-order valence-electron chi connectivity index (χ1n) is 10.7. The van der Waals surface area contributed by atoms with Crippen molar-refractivity contribution in [3.63, 3.8) is 0 Å². The van der Waals surface area contributed by atoms with Crippen molar-refractivity contribution in [1.29, 1.82) is 0 Å². The molecule has 2 fully saturated rings. The van der Waals surface area contributed by atoms with Crippen molar-refractivity contribution in [2.75, 3.05) is 6.26 Å². The van der Waals surface area contributed by atoms with Crippen molar-refractivity contribution in [3.05, 3.63) is 71.8 Å². The van der Waals surface area contributed by atoms with Gasteiger partial charge in [0.2, 0.25) is 0 Å². The zero-order chi connectivity index (χ0) is 21.7. The molecule has 3 atom stereocenters. The largest absolute Gasteiger partial charge is 0.365 e.